The van der Waals surface area contributed by atoms with Crippen molar-refractivity contribution in [3.63, 3.8) is 0 Å². The van der Waals surface area contributed by atoms with Crippen molar-refractivity contribution in [2.24, 2.45) is 0 Å². The van der Waals surface area contributed by atoms with Gasteiger partial charge in [0.2, 0.25) is 0 Å². The number of carbonyl (C=O) groups excluding carboxylic acids is 1. The van der Waals surface area contributed by atoms with E-state index in [-0.39, 0.29) is 12.1 Å². The van der Waals surface area contributed by atoms with Crippen molar-refractivity contribution >= 4 is 22.4 Å². The van der Waals surface area contributed by atoms with Crippen LogP contribution >= 0.6 is 0 Å². The van der Waals surface area contributed by atoms with Gasteiger partial charge in [-0.05, 0) is 12.1 Å². The minimum Gasteiger partial charge on any atom is -0.502 e. The van der Waals surface area contributed by atoms with Gasteiger partial charge < -0.3 is 10.4 Å². The highest BCUT2D eigenvalue weighted by atomic mass is 32.2. The van der Waals surface area contributed by atoms with Crippen molar-refractivity contribution < 1.29 is 19.0 Å². The number of nitrogens with zero attached hydrogens (tertiary/aromatic N) is 1. The minimum atomic E-state index is -1.01. The average molecular weight is 272 g/mol. The van der Waals surface area contributed by atoms with E-state index in [9.17, 15) is 24.2 Å². The van der Waals surface area contributed by atoms with E-state index in [0.717, 1.165) is 12.1 Å². The van der Waals surface area contributed by atoms with Gasteiger partial charge in [-0.15, -0.1) is 0 Å². The molecule has 1 rings (SSSR count). The third-order valence-electron chi connectivity index (χ3n) is 2.11. The number of phenolic OH excluding ortho intramolecular Hbond substituents is 1. The van der Waals surface area contributed by atoms with Crippen molar-refractivity contribution in [2.75, 3.05) is 18.6 Å². The lowest BCUT2D eigenvalue weighted by Crippen LogP contribution is -2.27. The second kappa shape index (κ2) is 6.10. The van der Waals surface area contributed by atoms with Gasteiger partial charge in [-0.25, -0.2) is 0 Å². The quantitative estimate of drug-likeness (QED) is 0.596. The lowest BCUT2D eigenvalue weighted by Gasteiger charge is -2.04. The Morgan fingerprint density at radius 3 is 2.72 bits per heavy atom. The summed E-state index contributed by atoms with van der Waals surface area (Å²) in [5.41, 5.74) is -0.346. The molecule has 1 amide bonds. The predicted molar refractivity (Wildman–Crippen MR) is 66.0 cm³/mol. The molecule has 0 radical (unpaired) electrons. The van der Waals surface area contributed by atoms with E-state index in [1.165, 1.54) is 12.3 Å². The zero-order valence-electron chi connectivity index (χ0n) is 9.58. The highest BCUT2D eigenvalue weighted by Gasteiger charge is 2.15. The zero-order valence-corrected chi connectivity index (χ0v) is 10.4. The molecule has 0 bridgehead atoms. The standard InChI is InChI=1S/C10H12N2O5S/c1-18(17)5-4-11-10(14)7-2-3-8(12(15)16)9(13)6-7/h2-3,6,13H,4-5H2,1H3,(H,11,14). The molecule has 0 aliphatic heterocycles. The summed E-state index contributed by atoms with van der Waals surface area (Å²) < 4.78 is 10.8. The number of carbonyl (C=O) groups is 1. The van der Waals surface area contributed by atoms with Crippen molar-refractivity contribution in [1.82, 2.24) is 5.32 Å². The maximum Gasteiger partial charge on any atom is 0.310 e. The number of aromatic hydroxyl groups is 1. The van der Waals surface area contributed by atoms with E-state index in [4.69, 9.17) is 0 Å². The molecule has 0 saturated heterocycles. The largest absolute Gasteiger partial charge is 0.502 e. The van der Waals surface area contributed by atoms with E-state index in [2.05, 4.69) is 5.32 Å². The Morgan fingerprint density at radius 2 is 2.22 bits per heavy atom. The van der Waals surface area contributed by atoms with Gasteiger partial charge in [-0.2, -0.15) is 0 Å². The number of nitrogens with one attached hydrogen (secondary N) is 1. The summed E-state index contributed by atoms with van der Waals surface area (Å²) in [5.74, 6) is -0.720. The van der Waals surface area contributed by atoms with Crippen LogP contribution in [-0.4, -0.2) is 38.7 Å². The summed E-state index contributed by atoms with van der Waals surface area (Å²) in [7, 11) is -1.01. The average Bonchev–Trinajstić information content (AvgIpc) is 2.27. The van der Waals surface area contributed by atoms with E-state index in [1.807, 2.05) is 0 Å². The van der Waals surface area contributed by atoms with Gasteiger partial charge in [0.15, 0.2) is 5.75 Å². The number of amides is 1. The summed E-state index contributed by atoms with van der Waals surface area (Å²) in [5, 5.41) is 22.3. The molecule has 98 valence electrons. The van der Waals surface area contributed by atoms with Crippen LogP contribution in [0.4, 0.5) is 5.69 Å². The molecule has 0 heterocycles. The normalized spacial score (nSPS) is 11.8. The summed E-state index contributed by atoms with van der Waals surface area (Å²) in [4.78, 5) is 21.3. The molecule has 1 atom stereocenters. The summed E-state index contributed by atoms with van der Waals surface area (Å²) >= 11 is 0. The summed E-state index contributed by atoms with van der Waals surface area (Å²) in [6.07, 6.45) is 1.52. The van der Waals surface area contributed by atoms with Gasteiger partial charge in [0.05, 0.1) is 4.92 Å². The van der Waals surface area contributed by atoms with Crippen molar-refractivity contribution in [2.45, 2.75) is 0 Å². The molecule has 0 spiro atoms. The van der Waals surface area contributed by atoms with Gasteiger partial charge in [0.1, 0.15) is 0 Å². The number of rotatable bonds is 5. The molecule has 7 nitrogen and oxygen atoms in total. The van der Waals surface area contributed by atoms with Gasteiger partial charge >= 0.3 is 5.69 Å². The van der Waals surface area contributed by atoms with Crippen molar-refractivity contribution in [1.29, 1.82) is 0 Å². The van der Waals surface area contributed by atoms with Crippen LogP contribution in [0.25, 0.3) is 0 Å². The Bertz CT molecular complexity index is 503. The molecule has 0 aliphatic carbocycles. The smallest absolute Gasteiger partial charge is 0.310 e. The third kappa shape index (κ3) is 3.81. The fourth-order valence-electron chi connectivity index (χ4n) is 1.23. The molecular weight excluding hydrogens is 260 g/mol. The van der Waals surface area contributed by atoms with E-state index >= 15 is 0 Å². The first-order valence-corrected chi connectivity index (χ1v) is 6.70. The first kappa shape index (κ1) is 14.1. The maximum atomic E-state index is 11.6. The number of hydrogen-bond acceptors (Lipinski definition) is 5. The Hall–Kier alpha value is -1.96. The highest BCUT2D eigenvalue weighted by Crippen LogP contribution is 2.25. The van der Waals surface area contributed by atoms with E-state index < -0.39 is 33.1 Å². The predicted octanol–water partition coefficient (Wildman–Crippen LogP) is 0.409. The Kier molecular flexibility index (Phi) is 4.78. The maximum absolute atomic E-state index is 11.6. The van der Waals surface area contributed by atoms with Crippen LogP contribution in [0.5, 0.6) is 5.75 Å². The van der Waals surface area contributed by atoms with Gasteiger partial charge in [-0.3, -0.25) is 19.1 Å². The first-order valence-electron chi connectivity index (χ1n) is 4.97. The second-order valence-corrected chi connectivity index (χ2v) is 5.05. The Labute approximate surface area is 105 Å². The molecule has 2 N–H and O–H groups in total. The number of benzene rings is 1. The fourth-order valence-corrected chi connectivity index (χ4v) is 1.62. The highest BCUT2D eigenvalue weighted by molar-refractivity contribution is 7.84. The van der Waals surface area contributed by atoms with Crippen LogP contribution in [0, 0.1) is 10.1 Å². The molecule has 18 heavy (non-hydrogen) atoms. The number of phenols is 1. The lowest BCUT2D eigenvalue weighted by atomic mass is 10.2. The fraction of sp³-hybridized carbons (Fsp3) is 0.300. The molecule has 0 aromatic heterocycles. The SMILES string of the molecule is CS(=O)CCNC(=O)c1ccc([N+](=O)[O-])c(O)c1. The molecule has 0 saturated carbocycles. The number of nitro groups is 1. The Morgan fingerprint density at radius 1 is 1.56 bits per heavy atom. The van der Waals surface area contributed by atoms with E-state index in [1.54, 1.807) is 0 Å². The lowest BCUT2D eigenvalue weighted by molar-refractivity contribution is -0.385. The van der Waals surface area contributed by atoms with Crippen LogP contribution in [0.3, 0.4) is 0 Å². The van der Waals surface area contributed by atoms with Crippen LogP contribution in [0.15, 0.2) is 18.2 Å². The third-order valence-corrected chi connectivity index (χ3v) is 2.89. The van der Waals surface area contributed by atoms with Crippen LogP contribution in [0.2, 0.25) is 0 Å². The summed E-state index contributed by atoms with van der Waals surface area (Å²) in [6, 6.07) is 3.33. The van der Waals surface area contributed by atoms with Crippen LogP contribution in [0.1, 0.15) is 10.4 Å². The molecule has 1 unspecified atom stereocenters. The number of hydrogen-bond donors (Lipinski definition) is 2. The topological polar surface area (TPSA) is 110 Å². The molecule has 1 aromatic carbocycles. The first-order chi connectivity index (χ1) is 8.41. The van der Waals surface area contributed by atoms with Gasteiger partial charge in [-0.1, -0.05) is 0 Å². The number of nitro benzene ring substituents is 1. The van der Waals surface area contributed by atoms with Gasteiger partial charge in [0.25, 0.3) is 5.91 Å². The van der Waals surface area contributed by atoms with Crippen LogP contribution < -0.4 is 5.32 Å². The molecular formula is C10H12N2O5S. The molecule has 8 heteroatoms. The van der Waals surface area contributed by atoms with Crippen molar-refractivity contribution in [3.05, 3.63) is 33.9 Å². The molecule has 0 fully saturated rings. The zero-order chi connectivity index (χ0) is 13.7. The second-order valence-electron chi connectivity index (χ2n) is 3.49. The summed E-state index contributed by atoms with van der Waals surface area (Å²) in [6.45, 7) is 0.236. The molecule has 1 aromatic rings. The van der Waals surface area contributed by atoms with Gasteiger partial charge in [0, 0.05) is 41.0 Å². The van der Waals surface area contributed by atoms with Crippen LogP contribution in [-0.2, 0) is 10.8 Å². The van der Waals surface area contributed by atoms with E-state index in [0.29, 0.717) is 5.75 Å². The monoisotopic (exact) mass is 272 g/mol. The Balaban J connectivity index is 2.72. The minimum absolute atomic E-state index is 0.111. The molecule has 0 aliphatic rings. The van der Waals surface area contributed by atoms with Crippen molar-refractivity contribution in [3.8, 4) is 5.75 Å².